The van der Waals surface area contributed by atoms with Crippen LogP contribution in [0.5, 0.6) is 0 Å². The first-order valence-corrected chi connectivity index (χ1v) is 11.1. The zero-order valence-electron chi connectivity index (χ0n) is 17.3. The molecule has 0 aromatic heterocycles. The highest BCUT2D eigenvalue weighted by Crippen LogP contribution is 2.47. The molecule has 2 nitrogen and oxygen atoms in total. The van der Waals surface area contributed by atoms with E-state index >= 15 is 0 Å². The molecule has 0 spiro atoms. The highest BCUT2D eigenvalue weighted by atomic mass is 35.5. The van der Waals surface area contributed by atoms with Gasteiger partial charge in [-0.25, -0.2) is 0 Å². The van der Waals surface area contributed by atoms with Gasteiger partial charge in [-0.2, -0.15) is 10.5 Å². The van der Waals surface area contributed by atoms with Gasteiger partial charge >= 0.3 is 0 Å². The summed E-state index contributed by atoms with van der Waals surface area (Å²) in [6, 6.07) is 20.1. The summed E-state index contributed by atoms with van der Waals surface area (Å²) in [7, 11) is 0. The summed E-state index contributed by atoms with van der Waals surface area (Å²) in [4.78, 5) is 0. The average molecular weight is 447 g/mol. The fourth-order valence-electron chi connectivity index (χ4n) is 4.30. The van der Waals surface area contributed by atoms with Crippen molar-refractivity contribution in [2.24, 2.45) is 11.3 Å². The van der Waals surface area contributed by atoms with E-state index in [2.05, 4.69) is 36.9 Å². The van der Waals surface area contributed by atoms with E-state index in [1.54, 1.807) is 6.08 Å². The molecule has 0 saturated heterocycles. The molecule has 0 heterocycles. The first-order valence-electron chi connectivity index (χ1n) is 10.4. The van der Waals surface area contributed by atoms with Crippen molar-refractivity contribution < 1.29 is 0 Å². The van der Waals surface area contributed by atoms with Crippen molar-refractivity contribution in [1.82, 2.24) is 0 Å². The van der Waals surface area contributed by atoms with Crippen LogP contribution in [0.15, 0.2) is 78.9 Å². The van der Waals surface area contributed by atoms with Gasteiger partial charge in [0.15, 0.2) is 5.41 Å². The third-order valence-electron chi connectivity index (χ3n) is 5.86. The van der Waals surface area contributed by atoms with Crippen molar-refractivity contribution in [2.75, 3.05) is 0 Å². The predicted octanol–water partition coefficient (Wildman–Crippen LogP) is 8.13. The van der Waals surface area contributed by atoms with Gasteiger partial charge in [-0.1, -0.05) is 71.8 Å². The molecule has 2 atom stereocenters. The van der Waals surface area contributed by atoms with E-state index in [1.165, 1.54) is 0 Å². The van der Waals surface area contributed by atoms with Crippen LogP contribution in [0.2, 0.25) is 10.0 Å². The molecule has 2 aromatic rings. The fourth-order valence-corrected chi connectivity index (χ4v) is 4.55. The van der Waals surface area contributed by atoms with Crippen molar-refractivity contribution in [3.63, 3.8) is 0 Å². The minimum atomic E-state index is -1.19. The van der Waals surface area contributed by atoms with Crippen LogP contribution >= 0.6 is 23.2 Å². The molecule has 1 unspecified atom stereocenters. The van der Waals surface area contributed by atoms with E-state index in [4.69, 9.17) is 23.2 Å². The Morgan fingerprint density at radius 2 is 1.65 bits per heavy atom. The van der Waals surface area contributed by atoms with Gasteiger partial charge in [0.05, 0.1) is 12.1 Å². The molecule has 2 aromatic carbocycles. The zero-order chi connectivity index (χ0) is 22.3. The lowest BCUT2D eigenvalue weighted by atomic mass is 9.65. The minimum Gasteiger partial charge on any atom is -0.196 e. The van der Waals surface area contributed by atoms with Crippen molar-refractivity contribution in [2.45, 2.75) is 31.6 Å². The number of halogens is 2. The molecule has 0 amide bonds. The molecular weight excluding hydrogens is 423 g/mol. The van der Waals surface area contributed by atoms with E-state index in [0.29, 0.717) is 16.5 Å². The van der Waals surface area contributed by atoms with Crippen molar-refractivity contribution in [3.8, 4) is 12.1 Å². The largest absolute Gasteiger partial charge is 0.196 e. The number of allylic oxidation sites excluding steroid dienone is 4. The van der Waals surface area contributed by atoms with Crippen LogP contribution in [0, 0.1) is 34.0 Å². The number of hydrogen-bond donors (Lipinski definition) is 0. The Morgan fingerprint density at radius 1 is 1.03 bits per heavy atom. The number of rotatable bonds is 7. The molecule has 0 saturated carbocycles. The molecule has 3 rings (SSSR count). The summed E-state index contributed by atoms with van der Waals surface area (Å²) in [5.74, 6) is 0.0445. The summed E-state index contributed by atoms with van der Waals surface area (Å²) < 4.78 is 0. The van der Waals surface area contributed by atoms with Gasteiger partial charge in [-0.3, -0.25) is 0 Å². The first-order chi connectivity index (χ1) is 15.0. The molecule has 156 valence electrons. The molecule has 4 heteroatoms. The zero-order valence-corrected chi connectivity index (χ0v) is 18.8. The summed E-state index contributed by atoms with van der Waals surface area (Å²) in [5, 5.41) is 21.4. The third kappa shape index (κ3) is 5.29. The van der Waals surface area contributed by atoms with E-state index in [-0.39, 0.29) is 11.8 Å². The summed E-state index contributed by atoms with van der Waals surface area (Å²) >= 11 is 12.2. The number of nitrogens with zero attached hydrogens (tertiary/aromatic N) is 2. The van der Waals surface area contributed by atoms with Gasteiger partial charge in [0.25, 0.3) is 0 Å². The Morgan fingerprint density at radius 3 is 2.23 bits per heavy atom. The maximum atomic E-state index is 9.99. The highest BCUT2D eigenvalue weighted by molar-refractivity contribution is 6.30. The monoisotopic (exact) mass is 446 g/mol. The van der Waals surface area contributed by atoms with Crippen LogP contribution < -0.4 is 0 Å². The SMILES string of the molecule is C=CCC(C#N)(C#N)C1=CCCCC1[C@@H](/C=C/c1ccc(Cl)cc1)c1ccc(Cl)cc1. The van der Waals surface area contributed by atoms with E-state index in [1.807, 2.05) is 48.5 Å². The molecular formula is C27H24Cl2N2. The molecule has 31 heavy (non-hydrogen) atoms. The van der Waals surface area contributed by atoms with Gasteiger partial charge < -0.3 is 0 Å². The minimum absolute atomic E-state index is 0.00499. The van der Waals surface area contributed by atoms with Crippen LogP contribution in [-0.4, -0.2) is 0 Å². The van der Waals surface area contributed by atoms with Gasteiger partial charge in [-0.05, 0) is 66.1 Å². The normalized spacial score (nSPS) is 17.4. The van der Waals surface area contributed by atoms with Gasteiger partial charge in [0, 0.05) is 22.4 Å². The Hall–Kier alpha value is -2.78. The van der Waals surface area contributed by atoms with Crippen LogP contribution in [0.1, 0.15) is 42.7 Å². The Kier molecular flexibility index (Phi) is 7.75. The molecule has 0 fully saturated rings. The van der Waals surface area contributed by atoms with Crippen LogP contribution in [-0.2, 0) is 0 Å². The summed E-state index contributed by atoms with van der Waals surface area (Å²) in [6.07, 6.45) is 11.1. The smallest absolute Gasteiger partial charge is 0.168 e. The van der Waals surface area contributed by atoms with Crippen LogP contribution in [0.3, 0.4) is 0 Å². The maximum absolute atomic E-state index is 9.99. The van der Waals surface area contributed by atoms with Crippen molar-refractivity contribution >= 4 is 29.3 Å². The van der Waals surface area contributed by atoms with Crippen molar-refractivity contribution in [3.05, 3.63) is 100 Å². The Labute approximate surface area is 194 Å². The molecule has 1 aliphatic carbocycles. The van der Waals surface area contributed by atoms with E-state index in [0.717, 1.165) is 36.0 Å². The number of nitriles is 2. The Bertz CT molecular complexity index is 1040. The fraction of sp³-hybridized carbons (Fsp3) is 0.259. The third-order valence-corrected chi connectivity index (χ3v) is 6.37. The number of benzene rings is 2. The first kappa shape index (κ1) is 22.9. The predicted molar refractivity (Wildman–Crippen MR) is 129 cm³/mol. The molecule has 0 radical (unpaired) electrons. The molecule has 0 N–H and O–H groups in total. The second kappa shape index (κ2) is 10.5. The topological polar surface area (TPSA) is 47.6 Å². The average Bonchev–Trinajstić information content (AvgIpc) is 2.80. The molecule has 1 aliphatic rings. The standard InChI is InChI=1S/C27H24Cl2N2/c1-2-17-27(18-30,19-31)26-6-4-3-5-25(26)24(21-10-14-23(29)15-11-21)16-9-20-7-12-22(28)13-8-20/h2,6-16,24-25H,1,3-5,17H2/b16-9+/t24-,25?/m0/s1. The van der Waals surface area contributed by atoms with E-state index in [9.17, 15) is 10.5 Å². The van der Waals surface area contributed by atoms with Crippen molar-refractivity contribution in [1.29, 1.82) is 10.5 Å². The van der Waals surface area contributed by atoms with Crippen LogP contribution in [0.25, 0.3) is 6.08 Å². The second-order valence-electron chi connectivity index (χ2n) is 7.81. The second-order valence-corrected chi connectivity index (χ2v) is 8.68. The summed E-state index contributed by atoms with van der Waals surface area (Å²) in [5.41, 5.74) is 1.87. The lowest BCUT2D eigenvalue weighted by Crippen LogP contribution is -2.29. The highest BCUT2D eigenvalue weighted by Gasteiger charge is 2.41. The van der Waals surface area contributed by atoms with Crippen LogP contribution in [0.4, 0.5) is 0 Å². The van der Waals surface area contributed by atoms with Gasteiger partial charge in [0.1, 0.15) is 0 Å². The molecule has 0 bridgehead atoms. The Balaban J connectivity index is 2.07. The quantitative estimate of drug-likeness (QED) is 0.402. The lowest BCUT2D eigenvalue weighted by Gasteiger charge is -2.36. The lowest BCUT2D eigenvalue weighted by molar-refractivity contribution is 0.405. The molecule has 0 aliphatic heterocycles. The van der Waals surface area contributed by atoms with Gasteiger partial charge in [0.2, 0.25) is 0 Å². The maximum Gasteiger partial charge on any atom is 0.168 e. The van der Waals surface area contributed by atoms with E-state index < -0.39 is 5.41 Å². The number of hydrogen-bond acceptors (Lipinski definition) is 2. The van der Waals surface area contributed by atoms with Gasteiger partial charge in [-0.15, -0.1) is 6.58 Å². The summed E-state index contributed by atoms with van der Waals surface area (Å²) in [6.45, 7) is 3.79.